The fourth-order valence-corrected chi connectivity index (χ4v) is 2.35. The molecule has 23 heavy (non-hydrogen) atoms. The van der Waals surface area contributed by atoms with Crippen molar-refractivity contribution >= 4 is 22.5 Å². The second kappa shape index (κ2) is 9.12. The van der Waals surface area contributed by atoms with Gasteiger partial charge in [0.05, 0.1) is 6.61 Å². The number of carbonyl (C=O) groups excluding carboxylic acids is 1. The van der Waals surface area contributed by atoms with Crippen LogP contribution in [0.4, 0.5) is 10.5 Å². The van der Waals surface area contributed by atoms with Gasteiger partial charge in [0.25, 0.3) is 0 Å². The fraction of sp³-hybridized carbons (Fsp3) is 0.389. The summed E-state index contributed by atoms with van der Waals surface area (Å²) < 4.78 is 5.03. The van der Waals surface area contributed by atoms with E-state index in [1.54, 1.807) is 7.11 Å². The van der Waals surface area contributed by atoms with Crippen molar-refractivity contribution in [3.05, 3.63) is 42.5 Å². The number of nitrogens with one attached hydrogen (secondary N) is 2. The molecule has 2 N–H and O–H groups in total. The van der Waals surface area contributed by atoms with E-state index in [0.717, 1.165) is 42.6 Å². The van der Waals surface area contributed by atoms with E-state index in [0.29, 0.717) is 6.54 Å². The molecule has 0 atom stereocenters. The summed E-state index contributed by atoms with van der Waals surface area (Å²) in [5, 5.41) is 8.04. The molecule has 0 aliphatic rings. The first-order valence-corrected chi connectivity index (χ1v) is 7.90. The van der Waals surface area contributed by atoms with Crippen LogP contribution in [-0.2, 0) is 4.74 Å². The van der Waals surface area contributed by atoms with Gasteiger partial charge in [0.1, 0.15) is 0 Å². The fourth-order valence-electron chi connectivity index (χ4n) is 2.35. The van der Waals surface area contributed by atoms with Gasteiger partial charge >= 0.3 is 6.03 Å². The second-order valence-electron chi connectivity index (χ2n) is 5.59. The lowest BCUT2D eigenvalue weighted by molar-refractivity contribution is 0.160. The van der Waals surface area contributed by atoms with Crippen LogP contribution in [0.2, 0.25) is 0 Å². The first-order valence-electron chi connectivity index (χ1n) is 7.90. The van der Waals surface area contributed by atoms with Crippen molar-refractivity contribution in [1.29, 1.82) is 0 Å². The average Bonchev–Trinajstić information content (AvgIpc) is 2.56. The number of amides is 2. The number of methoxy groups -OCH3 is 1. The minimum Gasteiger partial charge on any atom is -0.383 e. The topological polar surface area (TPSA) is 53.6 Å². The van der Waals surface area contributed by atoms with Gasteiger partial charge in [0.2, 0.25) is 0 Å². The summed E-state index contributed by atoms with van der Waals surface area (Å²) in [6.07, 6.45) is 0.908. The average molecular weight is 315 g/mol. The predicted molar refractivity (Wildman–Crippen MR) is 95.0 cm³/mol. The van der Waals surface area contributed by atoms with Crippen LogP contribution in [0.3, 0.4) is 0 Å². The van der Waals surface area contributed by atoms with Crippen LogP contribution in [0.15, 0.2) is 42.5 Å². The molecule has 0 aliphatic heterocycles. The monoisotopic (exact) mass is 315 g/mol. The summed E-state index contributed by atoms with van der Waals surface area (Å²) in [5.41, 5.74) is 0.804. The SMILES string of the molecule is COCCN(C)CCCNC(=O)Nc1ccc2ccccc2c1. The normalized spacial score (nSPS) is 10.9. The molecule has 0 aliphatic carbocycles. The van der Waals surface area contributed by atoms with Gasteiger partial charge in [-0.15, -0.1) is 0 Å². The van der Waals surface area contributed by atoms with E-state index in [9.17, 15) is 4.79 Å². The van der Waals surface area contributed by atoms with Crippen LogP contribution >= 0.6 is 0 Å². The Labute approximate surface area is 137 Å². The van der Waals surface area contributed by atoms with Crippen LogP contribution in [0.1, 0.15) is 6.42 Å². The van der Waals surface area contributed by atoms with Crippen LogP contribution in [0.25, 0.3) is 10.8 Å². The molecule has 2 aromatic carbocycles. The van der Waals surface area contributed by atoms with Gasteiger partial charge in [-0.1, -0.05) is 30.3 Å². The number of likely N-dealkylation sites (N-methyl/N-ethyl adjacent to an activating group) is 1. The molecule has 0 saturated heterocycles. The molecule has 2 rings (SSSR count). The summed E-state index contributed by atoms with van der Waals surface area (Å²) in [6.45, 7) is 3.21. The maximum absolute atomic E-state index is 11.9. The molecule has 0 heterocycles. The summed E-state index contributed by atoms with van der Waals surface area (Å²) in [5.74, 6) is 0. The van der Waals surface area contributed by atoms with Crippen molar-refractivity contribution in [2.75, 3.05) is 45.7 Å². The molecule has 0 unspecified atom stereocenters. The Morgan fingerprint density at radius 1 is 1.13 bits per heavy atom. The van der Waals surface area contributed by atoms with Crippen molar-refractivity contribution in [3.8, 4) is 0 Å². The molecule has 2 amide bonds. The lowest BCUT2D eigenvalue weighted by atomic mass is 10.1. The van der Waals surface area contributed by atoms with Gasteiger partial charge < -0.3 is 20.3 Å². The van der Waals surface area contributed by atoms with Gasteiger partial charge in [0.15, 0.2) is 0 Å². The van der Waals surface area contributed by atoms with E-state index in [4.69, 9.17) is 4.74 Å². The zero-order valence-electron chi connectivity index (χ0n) is 13.8. The molecule has 5 heteroatoms. The molecule has 0 bridgehead atoms. The lowest BCUT2D eigenvalue weighted by Crippen LogP contribution is -2.32. The highest BCUT2D eigenvalue weighted by Gasteiger charge is 2.03. The van der Waals surface area contributed by atoms with Crippen molar-refractivity contribution < 1.29 is 9.53 Å². The standard InChI is InChI=1S/C18H25N3O2/c1-21(12-13-23-2)11-5-10-19-18(22)20-17-9-8-15-6-3-4-7-16(15)14-17/h3-4,6-9,14H,5,10-13H2,1-2H3,(H2,19,20,22). The predicted octanol–water partition coefficient (Wildman–Crippen LogP) is 2.93. The van der Waals surface area contributed by atoms with Gasteiger partial charge in [-0.3, -0.25) is 0 Å². The van der Waals surface area contributed by atoms with E-state index in [2.05, 4.69) is 21.6 Å². The quantitative estimate of drug-likeness (QED) is 0.737. The Hall–Kier alpha value is -2.11. The first kappa shape index (κ1) is 17.2. The number of ether oxygens (including phenoxy) is 1. The molecule has 124 valence electrons. The number of hydrogen-bond acceptors (Lipinski definition) is 3. The number of nitrogens with zero attached hydrogens (tertiary/aromatic N) is 1. The van der Waals surface area contributed by atoms with Crippen molar-refractivity contribution in [1.82, 2.24) is 10.2 Å². The Bertz CT molecular complexity index is 630. The summed E-state index contributed by atoms with van der Waals surface area (Å²) in [4.78, 5) is 14.1. The number of fused-ring (bicyclic) bond motifs is 1. The zero-order chi connectivity index (χ0) is 16.5. The van der Waals surface area contributed by atoms with Gasteiger partial charge in [-0.2, -0.15) is 0 Å². The van der Waals surface area contributed by atoms with Gasteiger partial charge in [-0.05, 0) is 42.9 Å². The number of anilines is 1. The molecular weight excluding hydrogens is 290 g/mol. The van der Waals surface area contributed by atoms with Gasteiger partial charge in [-0.25, -0.2) is 4.79 Å². The third-order valence-electron chi connectivity index (χ3n) is 3.69. The van der Waals surface area contributed by atoms with E-state index in [-0.39, 0.29) is 6.03 Å². The number of rotatable bonds is 8. The largest absolute Gasteiger partial charge is 0.383 e. The summed E-state index contributed by atoms with van der Waals surface area (Å²) >= 11 is 0. The molecular formula is C18H25N3O2. The molecule has 0 fully saturated rings. The van der Waals surface area contributed by atoms with Crippen LogP contribution in [-0.4, -0.2) is 51.3 Å². The third-order valence-corrected chi connectivity index (χ3v) is 3.69. The minimum atomic E-state index is -0.167. The highest BCUT2D eigenvalue weighted by molar-refractivity contribution is 5.93. The van der Waals surface area contributed by atoms with Crippen LogP contribution in [0.5, 0.6) is 0 Å². The maximum atomic E-state index is 11.9. The molecule has 5 nitrogen and oxygen atoms in total. The summed E-state index contributed by atoms with van der Waals surface area (Å²) in [6, 6.07) is 13.8. The van der Waals surface area contributed by atoms with E-state index in [1.165, 1.54) is 0 Å². The third kappa shape index (κ3) is 5.88. The van der Waals surface area contributed by atoms with Gasteiger partial charge in [0, 0.05) is 25.9 Å². The van der Waals surface area contributed by atoms with E-state index in [1.807, 2.05) is 43.4 Å². The second-order valence-corrected chi connectivity index (χ2v) is 5.59. The van der Waals surface area contributed by atoms with Crippen LogP contribution < -0.4 is 10.6 Å². The molecule has 0 saturated carbocycles. The number of carbonyl (C=O) groups is 1. The highest BCUT2D eigenvalue weighted by Crippen LogP contribution is 2.18. The number of benzene rings is 2. The Morgan fingerprint density at radius 2 is 1.91 bits per heavy atom. The van der Waals surface area contributed by atoms with Crippen molar-refractivity contribution in [3.63, 3.8) is 0 Å². The van der Waals surface area contributed by atoms with E-state index < -0.39 is 0 Å². The number of urea groups is 1. The highest BCUT2D eigenvalue weighted by atomic mass is 16.5. The van der Waals surface area contributed by atoms with Crippen LogP contribution in [0, 0.1) is 0 Å². The molecule has 0 radical (unpaired) electrons. The van der Waals surface area contributed by atoms with Crippen molar-refractivity contribution in [2.24, 2.45) is 0 Å². The zero-order valence-corrected chi connectivity index (χ0v) is 13.8. The lowest BCUT2D eigenvalue weighted by Gasteiger charge is -2.16. The van der Waals surface area contributed by atoms with E-state index >= 15 is 0 Å². The smallest absolute Gasteiger partial charge is 0.319 e. The Morgan fingerprint density at radius 3 is 2.70 bits per heavy atom. The maximum Gasteiger partial charge on any atom is 0.319 e. The molecule has 0 aromatic heterocycles. The van der Waals surface area contributed by atoms with Crippen molar-refractivity contribution in [2.45, 2.75) is 6.42 Å². The molecule has 0 spiro atoms. The minimum absolute atomic E-state index is 0.167. The first-order chi connectivity index (χ1) is 11.2. The number of hydrogen-bond donors (Lipinski definition) is 2. The Kier molecular flexibility index (Phi) is 6.84. The Balaban J connectivity index is 1.71. The summed E-state index contributed by atoms with van der Waals surface area (Å²) in [7, 11) is 3.75. The molecule has 2 aromatic rings.